The van der Waals surface area contributed by atoms with Crippen LogP contribution in [-0.2, 0) is 18.3 Å². The van der Waals surface area contributed by atoms with Crippen LogP contribution in [0.4, 0.5) is 28.4 Å². The van der Waals surface area contributed by atoms with Gasteiger partial charge in [-0.05, 0) is 136 Å². The number of hydrogen-bond donors (Lipinski definition) is 0. The van der Waals surface area contributed by atoms with Crippen LogP contribution in [0.15, 0.2) is 168 Å². The third-order valence-electron chi connectivity index (χ3n) is 15.0. The van der Waals surface area contributed by atoms with Crippen LogP contribution in [0, 0.1) is 0 Å². The normalized spacial score (nSPS) is 14.2. The molecule has 0 amide bonds. The molecule has 1 aliphatic carbocycles. The van der Waals surface area contributed by atoms with Crippen LogP contribution in [-0.4, -0.2) is 6.85 Å². The molecule has 4 heterocycles. The van der Waals surface area contributed by atoms with Crippen molar-refractivity contribution in [3.8, 4) is 33.4 Å². The van der Waals surface area contributed by atoms with Crippen LogP contribution in [0.5, 0.6) is 0 Å². The highest BCUT2D eigenvalue weighted by Gasteiger charge is 2.52. The van der Waals surface area contributed by atoms with Gasteiger partial charge in [0.2, 0.25) is 0 Å². The Morgan fingerprint density at radius 3 is 2.09 bits per heavy atom. The zero-order valence-corrected chi connectivity index (χ0v) is 38.9. The lowest BCUT2D eigenvalue weighted by atomic mass is 9.45. The summed E-state index contributed by atoms with van der Waals surface area (Å²) in [6.45, 7) is 9.23. The molecule has 0 bridgehead atoms. The second-order valence-electron chi connectivity index (χ2n) is 19.2. The Morgan fingerprint density at radius 2 is 1.27 bits per heavy atom. The summed E-state index contributed by atoms with van der Waals surface area (Å²) in [4.78, 5) is 5.25. The van der Waals surface area contributed by atoms with E-state index in [-0.39, 0.29) is 12.3 Å². The second-order valence-corrected chi connectivity index (χ2v) is 20.3. The third kappa shape index (κ3) is 5.69. The lowest BCUT2D eigenvalue weighted by Gasteiger charge is -2.45. The number of aryl methyl sites for hydroxylation is 2. The minimum atomic E-state index is -0.274. The quantitative estimate of drug-likeness (QED) is 0.135. The van der Waals surface area contributed by atoms with Crippen LogP contribution in [0.25, 0.3) is 64.5 Å². The van der Waals surface area contributed by atoms with Gasteiger partial charge in [0, 0.05) is 59.2 Å². The van der Waals surface area contributed by atoms with Crippen LogP contribution in [0.1, 0.15) is 75.6 Å². The molecule has 0 radical (unpaired) electrons. The molecule has 0 fully saturated rings. The Kier molecular flexibility index (Phi) is 9.06. The van der Waals surface area contributed by atoms with E-state index in [1.165, 1.54) is 111 Å². The Morgan fingerprint density at radius 1 is 0.576 bits per heavy atom. The van der Waals surface area contributed by atoms with Gasteiger partial charge in [0.15, 0.2) is 0 Å². The van der Waals surface area contributed by atoms with Crippen molar-refractivity contribution >= 4 is 88.9 Å². The van der Waals surface area contributed by atoms with Crippen molar-refractivity contribution in [3.05, 3.63) is 186 Å². The number of hydrogen-bond acceptors (Lipinski definition) is 4. The number of anilines is 5. The number of benzene rings is 8. The summed E-state index contributed by atoms with van der Waals surface area (Å²) in [6.07, 6.45) is 6.80. The van der Waals surface area contributed by atoms with E-state index in [0.717, 1.165) is 53.7 Å². The minimum absolute atomic E-state index is 0.251. The maximum absolute atomic E-state index is 7.45. The smallest absolute Gasteiger partial charge is 0.375 e. The van der Waals surface area contributed by atoms with Crippen molar-refractivity contribution in [2.45, 2.75) is 71.6 Å². The first-order chi connectivity index (χ1) is 32.4. The highest BCUT2D eigenvalue weighted by Crippen LogP contribution is 2.60. The average molecular weight is 871 g/mol. The number of nitrogens with zero attached hydrogens (tertiary/aromatic N) is 2. The lowest BCUT2D eigenvalue weighted by molar-refractivity contribution is 0.649. The summed E-state index contributed by atoms with van der Waals surface area (Å²) in [6, 6.07) is 62.1. The van der Waals surface area contributed by atoms with E-state index in [4.69, 9.17) is 4.42 Å². The number of para-hydroxylation sites is 1. The van der Waals surface area contributed by atoms with Crippen molar-refractivity contribution < 1.29 is 4.42 Å². The van der Waals surface area contributed by atoms with Crippen molar-refractivity contribution in [1.29, 1.82) is 0 Å². The van der Waals surface area contributed by atoms with Crippen LogP contribution < -0.4 is 20.8 Å². The largest absolute Gasteiger partial charge is 0.466 e. The van der Waals surface area contributed by atoms with Gasteiger partial charge < -0.3 is 14.1 Å². The molecule has 10 aromatic rings. The molecule has 3 aliphatic rings. The highest BCUT2D eigenvalue weighted by molar-refractivity contribution is 7.26. The van der Waals surface area contributed by atoms with E-state index in [2.05, 4.69) is 201 Å². The summed E-state index contributed by atoms with van der Waals surface area (Å²) in [5.74, 6) is 0. The predicted octanol–water partition coefficient (Wildman–Crippen LogP) is 16.2. The Labute approximate surface area is 392 Å². The molecular formula is C61H51BN2OS. The van der Waals surface area contributed by atoms with Crippen molar-refractivity contribution in [2.24, 2.45) is 0 Å². The van der Waals surface area contributed by atoms with Gasteiger partial charge in [0.1, 0.15) is 11.2 Å². The fourth-order valence-corrected chi connectivity index (χ4v) is 13.0. The maximum Gasteiger partial charge on any atom is 0.375 e. The highest BCUT2D eigenvalue weighted by atomic mass is 32.1. The minimum Gasteiger partial charge on any atom is -0.466 e. The number of unbranched alkanes of at least 4 members (excludes halogenated alkanes) is 2. The van der Waals surface area contributed by atoms with Crippen molar-refractivity contribution in [2.75, 3.05) is 9.71 Å². The Hall–Kier alpha value is -6.82. The van der Waals surface area contributed by atoms with Gasteiger partial charge in [0.05, 0.1) is 11.4 Å². The van der Waals surface area contributed by atoms with E-state index in [9.17, 15) is 0 Å². The van der Waals surface area contributed by atoms with Crippen molar-refractivity contribution in [3.63, 3.8) is 0 Å². The molecule has 0 atom stereocenters. The number of fused-ring (bicyclic) bond motifs is 14. The van der Waals surface area contributed by atoms with E-state index in [0.29, 0.717) is 0 Å². The van der Waals surface area contributed by atoms with E-state index < -0.39 is 0 Å². The summed E-state index contributed by atoms with van der Waals surface area (Å²) in [5, 5.41) is 3.77. The van der Waals surface area contributed by atoms with Crippen LogP contribution in [0.2, 0.25) is 0 Å². The summed E-state index contributed by atoms with van der Waals surface area (Å²) >= 11 is 1.91. The molecule has 0 saturated heterocycles. The first-order valence-electron chi connectivity index (χ1n) is 24.1. The van der Waals surface area contributed by atoms with Crippen LogP contribution in [0.3, 0.4) is 0 Å². The summed E-state index contributed by atoms with van der Waals surface area (Å²) in [5.41, 5.74) is 22.1. The van der Waals surface area contributed by atoms with Gasteiger partial charge in [-0.3, -0.25) is 0 Å². The standard InChI is InChI=1S/C61H51BN2OS/c1-5-7-18-38-28-31-41(32-29-38)64-49-34-35-53-54(44-24-14-17-27-52(44)66-53)55(49)56-57-46(42-22-12-15-25-47(42)61(57,3)4)37-50-58(56)62(64)60-59(43-23-13-16-26-51(43)65-60)63(50)48-33-30-39(19-8-6-2)36-45(48)40-20-10-9-11-21-40/h9-17,20-37H,5-8,18-19H2,1-4H3. The molecule has 5 heteroatoms. The monoisotopic (exact) mass is 870 g/mol. The molecule has 0 saturated carbocycles. The van der Waals surface area contributed by atoms with Gasteiger partial charge in [-0.1, -0.05) is 144 Å². The van der Waals surface area contributed by atoms with Gasteiger partial charge >= 0.3 is 6.85 Å². The van der Waals surface area contributed by atoms with Gasteiger partial charge in [-0.25, -0.2) is 0 Å². The zero-order valence-electron chi connectivity index (χ0n) is 38.1. The SMILES string of the molecule is CCCCc1ccc(N2B3c4oc5ccccc5c4N(c4ccc(CCCC)cc4-c4ccccc4)c4cc5c(c(c43)-c3c2ccc2sc4ccccc4c32)C(C)(C)c2ccccc2-5)cc1. The van der Waals surface area contributed by atoms with E-state index >= 15 is 0 Å². The molecule has 13 rings (SSSR count). The van der Waals surface area contributed by atoms with Crippen LogP contribution >= 0.6 is 11.3 Å². The third-order valence-corrected chi connectivity index (χ3v) is 16.1. The molecular weight excluding hydrogens is 820 g/mol. The maximum atomic E-state index is 7.45. The lowest BCUT2D eigenvalue weighted by Crippen LogP contribution is -2.61. The van der Waals surface area contributed by atoms with E-state index in [1.807, 2.05) is 11.3 Å². The van der Waals surface area contributed by atoms with E-state index in [1.54, 1.807) is 0 Å². The first kappa shape index (κ1) is 39.5. The molecule has 0 unspecified atom stereocenters. The van der Waals surface area contributed by atoms with Gasteiger partial charge in [-0.2, -0.15) is 0 Å². The predicted molar refractivity (Wildman–Crippen MR) is 283 cm³/mol. The number of rotatable bonds is 9. The summed E-state index contributed by atoms with van der Waals surface area (Å²) < 4.78 is 10.1. The molecule has 0 N–H and O–H groups in total. The fraction of sp³-hybridized carbons (Fsp3) is 0.180. The van der Waals surface area contributed by atoms with Gasteiger partial charge in [0.25, 0.3) is 0 Å². The topological polar surface area (TPSA) is 19.6 Å². The van der Waals surface area contributed by atoms with Gasteiger partial charge in [-0.15, -0.1) is 11.3 Å². The summed E-state index contributed by atoms with van der Waals surface area (Å²) in [7, 11) is 0. The fourth-order valence-electron chi connectivity index (χ4n) is 11.9. The molecule has 320 valence electrons. The zero-order chi connectivity index (χ0) is 44.3. The molecule has 2 aliphatic heterocycles. The Bertz CT molecular complexity index is 3560. The molecule has 3 nitrogen and oxygen atoms in total. The molecule has 8 aromatic carbocycles. The number of thiophene rings is 1. The first-order valence-corrected chi connectivity index (χ1v) is 24.9. The molecule has 0 spiro atoms. The Balaban J connectivity index is 1.22. The molecule has 66 heavy (non-hydrogen) atoms. The second kappa shape index (κ2) is 15.1. The molecule has 2 aromatic heterocycles. The van der Waals surface area contributed by atoms with Crippen molar-refractivity contribution in [1.82, 2.24) is 0 Å². The average Bonchev–Trinajstić information content (AvgIpc) is 4.01. The number of furan rings is 1.